The number of nitrogen functional groups attached to an aromatic ring is 1. The van der Waals surface area contributed by atoms with Crippen LogP contribution in [0.1, 0.15) is 36.8 Å². The third kappa shape index (κ3) is 5.86. The van der Waals surface area contributed by atoms with E-state index < -0.39 is 15.8 Å². The molecule has 1 aliphatic rings. The Hall–Kier alpha value is -3.25. The summed E-state index contributed by atoms with van der Waals surface area (Å²) in [5, 5.41) is 3.69. The number of nitrogens with two attached hydrogens (primary N) is 1. The Labute approximate surface area is 232 Å². The lowest BCUT2D eigenvalue weighted by Crippen LogP contribution is -2.43. The first kappa shape index (κ1) is 27.3. The standard InChI is InChI=1S/C27H31ClFN7O2S/c1-17(2)27-33-24(25-26(30)32-14-20(36(25)27)15-35-11-9-31-10-12-35)18-7-8-23(22(29)13-18)34-39(37,38)16-19-5-3-4-6-21(19)28/h3-8,13-14,17,31,34H,9-12,15-16H2,1-2H3,(H2,30,32). The number of hydrogen-bond acceptors (Lipinski definition) is 7. The summed E-state index contributed by atoms with van der Waals surface area (Å²) in [6, 6.07) is 10.9. The van der Waals surface area contributed by atoms with Crippen molar-refractivity contribution in [1.82, 2.24) is 24.6 Å². The summed E-state index contributed by atoms with van der Waals surface area (Å²) in [5.74, 6) is 0.0409. The van der Waals surface area contributed by atoms with Crippen LogP contribution in [0.2, 0.25) is 5.02 Å². The second-order valence-electron chi connectivity index (χ2n) is 9.97. The van der Waals surface area contributed by atoms with Gasteiger partial charge in [0.1, 0.15) is 28.7 Å². The second-order valence-corrected chi connectivity index (χ2v) is 12.1. The highest BCUT2D eigenvalue weighted by Crippen LogP contribution is 2.34. The Kier molecular flexibility index (Phi) is 7.77. The third-order valence-electron chi connectivity index (χ3n) is 6.71. The highest BCUT2D eigenvalue weighted by Gasteiger charge is 2.23. The van der Waals surface area contributed by atoms with Gasteiger partial charge in [0, 0.05) is 49.2 Å². The van der Waals surface area contributed by atoms with Gasteiger partial charge in [-0.15, -0.1) is 0 Å². The topological polar surface area (TPSA) is 118 Å². The summed E-state index contributed by atoms with van der Waals surface area (Å²) in [6.07, 6.45) is 1.78. The summed E-state index contributed by atoms with van der Waals surface area (Å²) >= 11 is 6.11. The molecule has 9 nitrogen and oxygen atoms in total. The van der Waals surface area contributed by atoms with Gasteiger partial charge in [-0.3, -0.25) is 14.0 Å². The van der Waals surface area contributed by atoms with Gasteiger partial charge in [0.05, 0.1) is 23.3 Å². The molecule has 2 aromatic heterocycles. The van der Waals surface area contributed by atoms with Crippen molar-refractivity contribution < 1.29 is 12.8 Å². The minimum atomic E-state index is -3.91. The van der Waals surface area contributed by atoms with Crippen LogP contribution in [0.4, 0.5) is 15.9 Å². The molecule has 5 rings (SSSR count). The maximum atomic E-state index is 15.3. The number of nitrogens with zero attached hydrogens (tertiary/aromatic N) is 4. The maximum absolute atomic E-state index is 15.3. The van der Waals surface area contributed by atoms with Crippen molar-refractivity contribution >= 4 is 38.6 Å². The molecule has 39 heavy (non-hydrogen) atoms. The van der Waals surface area contributed by atoms with Gasteiger partial charge >= 0.3 is 0 Å². The van der Waals surface area contributed by atoms with E-state index in [9.17, 15) is 8.42 Å². The van der Waals surface area contributed by atoms with Gasteiger partial charge in [0.25, 0.3) is 0 Å². The SMILES string of the molecule is CC(C)c1nc(-c2ccc(NS(=O)(=O)Cc3ccccc3Cl)c(F)c2)c2c(N)ncc(CN3CCNCC3)n12. The number of piperazine rings is 1. The number of halogens is 2. The minimum Gasteiger partial charge on any atom is -0.382 e. The van der Waals surface area contributed by atoms with Crippen molar-refractivity contribution in [2.75, 3.05) is 36.6 Å². The zero-order valence-electron chi connectivity index (χ0n) is 21.8. The number of sulfonamides is 1. The molecule has 0 unspecified atom stereocenters. The van der Waals surface area contributed by atoms with Crippen molar-refractivity contribution in [2.24, 2.45) is 0 Å². The summed E-state index contributed by atoms with van der Waals surface area (Å²) in [4.78, 5) is 11.7. The first-order valence-corrected chi connectivity index (χ1v) is 14.8. The molecule has 0 aliphatic carbocycles. The van der Waals surface area contributed by atoms with Crippen LogP contribution < -0.4 is 15.8 Å². The lowest BCUT2D eigenvalue weighted by Gasteiger charge is -2.27. The minimum absolute atomic E-state index is 0.0653. The van der Waals surface area contributed by atoms with E-state index in [-0.39, 0.29) is 17.4 Å². The fourth-order valence-corrected chi connectivity index (χ4v) is 6.31. The van der Waals surface area contributed by atoms with E-state index in [0.717, 1.165) is 37.7 Å². The molecule has 1 aliphatic heterocycles. The van der Waals surface area contributed by atoms with Gasteiger partial charge in [0.2, 0.25) is 10.0 Å². The fraction of sp³-hybridized carbons (Fsp3) is 0.333. The average Bonchev–Trinajstić information content (AvgIpc) is 3.31. The molecule has 4 N–H and O–H groups in total. The average molecular weight is 572 g/mol. The van der Waals surface area contributed by atoms with E-state index in [0.29, 0.717) is 39.7 Å². The molecule has 0 atom stereocenters. The van der Waals surface area contributed by atoms with Gasteiger partial charge in [0.15, 0.2) is 0 Å². The molecule has 0 bridgehead atoms. The zero-order chi connectivity index (χ0) is 27.7. The van der Waals surface area contributed by atoms with E-state index in [1.807, 2.05) is 18.2 Å². The molecule has 2 aromatic carbocycles. The lowest BCUT2D eigenvalue weighted by atomic mass is 10.1. The van der Waals surface area contributed by atoms with E-state index in [1.54, 1.807) is 36.5 Å². The van der Waals surface area contributed by atoms with Crippen LogP contribution in [0.5, 0.6) is 0 Å². The van der Waals surface area contributed by atoms with E-state index in [1.165, 1.54) is 12.1 Å². The van der Waals surface area contributed by atoms with Crippen molar-refractivity contribution in [3.8, 4) is 11.3 Å². The highest BCUT2D eigenvalue weighted by molar-refractivity contribution is 7.91. The van der Waals surface area contributed by atoms with Crippen molar-refractivity contribution in [1.29, 1.82) is 0 Å². The summed E-state index contributed by atoms with van der Waals surface area (Å²) in [7, 11) is -3.91. The van der Waals surface area contributed by atoms with Crippen LogP contribution in [0.15, 0.2) is 48.7 Å². The molecule has 12 heteroatoms. The Balaban J connectivity index is 1.49. The van der Waals surface area contributed by atoms with Crippen LogP contribution in [-0.2, 0) is 22.3 Å². The van der Waals surface area contributed by atoms with E-state index >= 15 is 4.39 Å². The van der Waals surface area contributed by atoms with Crippen LogP contribution >= 0.6 is 11.6 Å². The summed E-state index contributed by atoms with van der Waals surface area (Å²) < 4.78 is 45.1. The molecular weight excluding hydrogens is 541 g/mol. The molecule has 206 valence electrons. The van der Waals surface area contributed by atoms with Crippen LogP contribution in [0.25, 0.3) is 16.8 Å². The van der Waals surface area contributed by atoms with Gasteiger partial charge in [-0.1, -0.05) is 49.7 Å². The number of rotatable bonds is 8. The van der Waals surface area contributed by atoms with E-state index in [2.05, 4.69) is 19.9 Å². The van der Waals surface area contributed by atoms with Crippen LogP contribution in [-0.4, -0.2) is 53.9 Å². The predicted octanol–water partition coefficient (Wildman–Crippen LogP) is 4.24. The number of benzene rings is 2. The summed E-state index contributed by atoms with van der Waals surface area (Å²) in [6.45, 7) is 8.45. The Bertz CT molecular complexity index is 1620. The van der Waals surface area contributed by atoms with Crippen molar-refractivity contribution in [3.63, 3.8) is 0 Å². The van der Waals surface area contributed by atoms with Gasteiger partial charge < -0.3 is 11.1 Å². The van der Waals surface area contributed by atoms with Gasteiger partial charge in [-0.2, -0.15) is 0 Å². The molecule has 4 aromatic rings. The third-order valence-corrected chi connectivity index (χ3v) is 8.30. The zero-order valence-corrected chi connectivity index (χ0v) is 23.4. The number of fused-ring (bicyclic) bond motifs is 1. The largest absolute Gasteiger partial charge is 0.382 e. The van der Waals surface area contributed by atoms with Gasteiger partial charge in [-0.05, 0) is 23.8 Å². The van der Waals surface area contributed by atoms with E-state index in [4.69, 9.17) is 22.3 Å². The van der Waals surface area contributed by atoms with Crippen LogP contribution in [0.3, 0.4) is 0 Å². The van der Waals surface area contributed by atoms with Crippen LogP contribution in [0, 0.1) is 5.82 Å². The first-order chi connectivity index (χ1) is 18.6. The summed E-state index contributed by atoms with van der Waals surface area (Å²) in [5.41, 5.74) is 9.14. The molecule has 0 saturated carbocycles. The predicted molar refractivity (Wildman–Crippen MR) is 153 cm³/mol. The van der Waals surface area contributed by atoms with Crippen molar-refractivity contribution in [3.05, 3.63) is 76.6 Å². The quantitative estimate of drug-likeness (QED) is 0.289. The maximum Gasteiger partial charge on any atom is 0.237 e. The Morgan fingerprint density at radius 1 is 1.18 bits per heavy atom. The van der Waals surface area contributed by atoms with Gasteiger partial charge in [-0.25, -0.2) is 22.8 Å². The second kappa shape index (κ2) is 11.1. The number of hydrogen-bond donors (Lipinski definition) is 3. The number of imidazole rings is 1. The smallest absolute Gasteiger partial charge is 0.237 e. The first-order valence-electron chi connectivity index (χ1n) is 12.8. The molecule has 0 spiro atoms. The normalized spacial score (nSPS) is 14.8. The monoisotopic (exact) mass is 571 g/mol. The highest BCUT2D eigenvalue weighted by atomic mass is 35.5. The molecule has 3 heterocycles. The number of anilines is 2. The molecule has 0 amide bonds. The fourth-order valence-electron chi connectivity index (χ4n) is 4.79. The van der Waals surface area contributed by atoms with Crippen molar-refractivity contribution in [2.45, 2.75) is 32.1 Å². The Morgan fingerprint density at radius 3 is 2.62 bits per heavy atom. The number of aromatic nitrogens is 3. The molecular formula is C27H31ClFN7O2S. The Morgan fingerprint density at radius 2 is 1.92 bits per heavy atom. The molecule has 1 saturated heterocycles. The lowest BCUT2D eigenvalue weighted by molar-refractivity contribution is 0.229. The molecule has 1 fully saturated rings. The molecule has 0 radical (unpaired) electrons. The number of nitrogens with one attached hydrogen (secondary N) is 2.